The molecule has 56 valence electrons. The molecule has 0 aromatic heterocycles. The summed E-state index contributed by atoms with van der Waals surface area (Å²) in [5.74, 6) is 0. The summed E-state index contributed by atoms with van der Waals surface area (Å²) in [6, 6.07) is 0. The molecule has 1 aliphatic heterocycles. The molecule has 2 nitrogen and oxygen atoms in total. The summed E-state index contributed by atoms with van der Waals surface area (Å²) in [4.78, 5) is 4.77. The van der Waals surface area contributed by atoms with Crippen LogP contribution in [0.15, 0.2) is 0 Å². The summed E-state index contributed by atoms with van der Waals surface area (Å²) in [5.41, 5.74) is 0. The molecule has 0 aromatic rings. The van der Waals surface area contributed by atoms with E-state index in [0.717, 1.165) is 6.67 Å². The van der Waals surface area contributed by atoms with Crippen molar-refractivity contribution in [2.45, 2.75) is 14.4 Å². The normalized spacial score (nSPS) is 22.0. The van der Waals surface area contributed by atoms with Crippen LogP contribution in [0.4, 0.5) is 0 Å². The van der Waals surface area contributed by atoms with Crippen molar-refractivity contribution in [1.29, 1.82) is 0 Å². The Kier molecular flexibility index (Phi) is 3.82. The molecule has 1 saturated heterocycles. The lowest BCUT2D eigenvalue weighted by Gasteiger charge is -2.10. The molecule has 1 aliphatic rings. The zero-order valence-electron chi connectivity index (χ0n) is 5.72. The van der Waals surface area contributed by atoms with E-state index in [-0.39, 0.29) is 7.43 Å². The first kappa shape index (κ1) is 8.92. The Labute approximate surface area is 58.4 Å². The number of rotatable bonds is 1. The maximum Gasteiger partial charge on any atom is 0.0504 e. The van der Waals surface area contributed by atoms with Gasteiger partial charge in [0.05, 0.1) is 6.67 Å². The van der Waals surface area contributed by atoms with Crippen LogP contribution in [-0.4, -0.2) is 43.2 Å². The van der Waals surface area contributed by atoms with Gasteiger partial charge in [-0.3, -0.25) is 9.80 Å². The Balaban J connectivity index is 0.000000640. The van der Waals surface area contributed by atoms with E-state index in [2.05, 4.69) is 23.8 Å². The molecule has 1 fully saturated rings. The predicted octanol–water partition coefficient (Wildman–Crippen LogP) is 0.847. The van der Waals surface area contributed by atoms with Crippen LogP contribution in [-0.2, 0) is 0 Å². The van der Waals surface area contributed by atoms with Crippen molar-refractivity contribution in [2.75, 3.05) is 33.4 Å². The molecule has 2 heteroatoms. The Bertz CT molecular complexity index is 73.3. The molecule has 0 amide bonds. The molecule has 0 bridgehead atoms. The minimum absolute atomic E-state index is 0. The van der Waals surface area contributed by atoms with E-state index < -0.39 is 0 Å². The Morgan fingerprint density at radius 2 is 2.00 bits per heavy atom. The van der Waals surface area contributed by atoms with Crippen LogP contribution in [0.2, 0.25) is 0 Å². The van der Waals surface area contributed by atoms with Crippen LogP contribution < -0.4 is 0 Å². The molecular weight excluding hydrogens is 112 g/mol. The van der Waals surface area contributed by atoms with Gasteiger partial charge in [0, 0.05) is 13.1 Å². The summed E-state index contributed by atoms with van der Waals surface area (Å²) < 4.78 is 0. The van der Waals surface area contributed by atoms with Crippen molar-refractivity contribution in [3.8, 4) is 0 Å². The van der Waals surface area contributed by atoms with Gasteiger partial charge in [0.2, 0.25) is 0 Å². The van der Waals surface area contributed by atoms with Gasteiger partial charge in [0.25, 0.3) is 0 Å². The van der Waals surface area contributed by atoms with Gasteiger partial charge in [0.1, 0.15) is 0 Å². The van der Waals surface area contributed by atoms with Crippen molar-refractivity contribution >= 4 is 0 Å². The van der Waals surface area contributed by atoms with E-state index in [0.29, 0.717) is 0 Å². The van der Waals surface area contributed by atoms with E-state index in [1.165, 1.54) is 19.6 Å². The highest BCUT2D eigenvalue weighted by atomic mass is 15.4. The summed E-state index contributed by atoms with van der Waals surface area (Å²) in [6.45, 7) is 7.07. The SMILES string of the molecule is C.CCN1CCN(C)C1. The van der Waals surface area contributed by atoms with Crippen LogP contribution in [0.25, 0.3) is 0 Å². The molecule has 0 aromatic carbocycles. The second-order valence-corrected chi connectivity index (χ2v) is 2.43. The van der Waals surface area contributed by atoms with Crippen LogP contribution in [0.3, 0.4) is 0 Å². The molecule has 0 saturated carbocycles. The fourth-order valence-electron chi connectivity index (χ4n) is 1.05. The highest BCUT2D eigenvalue weighted by Crippen LogP contribution is 1.98. The van der Waals surface area contributed by atoms with Crippen molar-refractivity contribution in [1.82, 2.24) is 9.80 Å². The van der Waals surface area contributed by atoms with Gasteiger partial charge in [-0.15, -0.1) is 0 Å². The summed E-state index contributed by atoms with van der Waals surface area (Å²) in [6.07, 6.45) is 0. The van der Waals surface area contributed by atoms with Crippen molar-refractivity contribution in [3.63, 3.8) is 0 Å². The van der Waals surface area contributed by atoms with Gasteiger partial charge in [-0.2, -0.15) is 0 Å². The molecule has 0 spiro atoms. The summed E-state index contributed by atoms with van der Waals surface area (Å²) in [5, 5.41) is 0. The zero-order valence-corrected chi connectivity index (χ0v) is 5.72. The van der Waals surface area contributed by atoms with Crippen LogP contribution in [0, 0.1) is 0 Å². The predicted molar refractivity (Wildman–Crippen MR) is 41.5 cm³/mol. The first-order chi connectivity index (χ1) is 3.83. The van der Waals surface area contributed by atoms with Crippen LogP contribution in [0.5, 0.6) is 0 Å². The number of hydrogen-bond donors (Lipinski definition) is 0. The topological polar surface area (TPSA) is 6.48 Å². The molecule has 0 radical (unpaired) electrons. The first-order valence-electron chi connectivity index (χ1n) is 3.24. The summed E-state index contributed by atoms with van der Waals surface area (Å²) >= 11 is 0. The third kappa shape index (κ3) is 2.33. The molecule has 1 rings (SSSR count). The number of likely N-dealkylation sites (N-methyl/N-ethyl adjacent to an activating group) is 2. The van der Waals surface area contributed by atoms with Gasteiger partial charge in [0.15, 0.2) is 0 Å². The quantitative estimate of drug-likeness (QED) is 0.519. The lowest BCUT2D eigenvalue weighted by atomic mass is 10.6. The second-order valence-electron chi connectivity index (χ2n) is 2.43. The zero-order chi connectivity index (χ0) is 5.98. The van der Waals surface area contributed by atoms with Gasteiger partial charge >= 0.3 is 0 Å². The Morgan fingerprint density at radius 1 is 1.33 bits per heavy atom. The average molecular weight is 130 g/mol. The van der Waals surface area contributed by atoms with Crippen molar-refractivity contribution in [2.24, 2.45) is 0 Å². The van der Waals surface area contributed by atoms with E-state index in [1.54, 1.807) is 0 Å². The largest absolute Gasteiger partial charge is 0.292 e. The first-order valence-corrected chi connectivity index (χ1v) is 3.24. The fourth-order valence-corrected chi connectivity index (χ4v) is 1.05. The van der Waals surface area contributed by atoms with E-state index in [4.69, 9.17) is 0 Å². The monoisotopic (exact) mass is 130 g/mol. The van der Waals surface area contributed by atoms with Gasteiger partial charge < -0.3 is 0 Å². The Morgan fingerprint density at radius 3 is 2.22 bits per heavy atom. The molecule has 0 aliphatic carbocycles. The Hall–Kier alpha value is -0.0800. The van der Waals surface area contributed by atoms with Crippen LogP contribution in [0.1, 0.15) is 14.4 Å². The van der Waals surface area contributed by atoms with E-state index >= 15 is 0 Å². The third-order valence-electron chi connectivity index (χ3n) is 1.69. The van der Waals surface area contributed by atoms with Gasteiger partial charge in [-0.05, 0) is 13.6 Å². The van der Waals surface area contributed by atoms with Crippen molar-refractivity contribution < 1.29 is 0 Å². The lowest BCUT2D eigenvalue weighted by Crippen LogP contribution is -2.22. The maximum absolute atomic E-state index is 2.43. The molecule has 0 unspecified atom stereocenters. The smallest absolute Gasteiger partial charge is 0.0504 e. The molecule has 0 N–H and O–H groups in total. The number of hydrogen-bond acceptors (Lipinski definition) is 2. The highest BCUT2D eigenvalue weighted by Gasteiger charge is 2.12. The molecule has 9 heavy (non-hydrogen) atoms. The molecule has 0 atom stereocenters. The standard InChI is InChI=1S/C6H14N2.CH4/c1-3-8-5-4-7(2)6-8;/h3-6H2,1-2H3;1H4. The highest BCUT2D eigenvalue weighted by molar-refractivity contribution is 4.65. The molecule has 1 heterocycles. The minimum Gasteiger partial charge on any atom is -0.292 e. The maximum atomic E-state index is 2.43. The minimum atomic E-state index is 0. The fraction of sp³-hybridized carbons (Fsp3) is 1.00. The summed E-state index contributed by atoms with van der Waals surface area (Å²) in [7, 11) is 2.16. The van der Waals surface area contributed by atoms with Crippen LogP contribution >= 0.6 is 0 Å². The van der Waals surface area contributed by atoms with E-state index in [1.807, 2.05) is 0 Å². The van der Waals surface area contributed by atoms with Crippen molar-refractivity contribution in [3.05, 3.63) is 0 Å². The average Bonchev–Trinajstić information content (AvgIpc) is 2.14. The second kappa shape index (κ2) is 3.85. The molecular formula is C7H18N2. The van der Waals surface area contributed by atoms with Gasteiger partial charge in [-0.1, -0.05) is 14.4 Å². The number of nitrogens with zero attached hydrogens (tertiary/aromatic N) is 2. The van der Waals surface area contributed by atoms with E-state index in [9.17, 15) is 0 Å². The van der Waals surface area contributed by atoms with Gasteiger partial charge in [-0.25, -0.2) is 0 Å². The lowest BCUT2D eigenvalue weighted by molar-refractivity contribution is 0.286. The third-order valence-corrected chi connectivity index (χ3v) is 1.69.